The Hall–Kier alpha value is -2.70. The zero-order valence-electron chi connectivity index (χ0n) is 10.4. The van der Waals surface area contributed by atoms with Crippen LogP contribution in [0.1, 0.15) is 21.0 Å². The molecule has 7 heteroatoms. The normalized spacial score (nSPS) is 10.0. The van der Waals surface area contributed by atoms with Crippen molar-refractivity contribution in [3.05, 3.63) is 41.9 Å². The smallest absolute Gasteiger partial charge is 0.358 e. The summed E-state index contributed by atoms with van der Waals surface area (Å²) in [7, 11) is 2.48. The van der Waals surface area contributed by atoms with Crippen molar-refractivity contribution >= 4 is 11.9 Å². The molecule has 0 spiro atoms. The van der Waals surface area contributed by atoms with Gasteiger partial charge in [0, 0.05) is 12.3 Å². The summed E-state index contributed by atoms with van der Waals surface area (Å²) in [6.07, 6.45) is 1.55. The van der Waals surface area contributed by atoms with E-state index in [0.29, 0.717) is 5.82 Å². The Morgan fingerprint density at radius 3 is 2.47 bits per heavy atom. The van der Waals surface area contributed by atoms with Crippen molar-refractivity contribution in [2.75, 3.05) is 14.2 Å². The first-order chi connectivity index (χ1) is 9.17. The molecular weight excluding hydrogens is 250 g/mol. The zero-order chi connectivity index (χ0) is 13.8. The maximum atomic E-state index is 11.7. The third-order valence-electron chi connectivity index (χ3n) is 2.36. The first-order valence-electron chi connectivity index (χ1n) is 5.35. The molecule has 0 atom stereocenters. The molecule has 0 saturated heterocycles. The summed E-state index contributed by atoms with van der Waals surface area (Å²) in [4.78, 5) is 27.2. The number of carbonyl (C=O) groups is 2. The van der Waals surface area contributed by atoms with Crippen LogP contribution in [0.3, 0.4) is 0 Å². The first kappa shape index (κ1) is 12.7. The Balaban J connectivity index is 2.55. The van der Waals surface area contributed by atoms with E-state index in [2.05, 4.69) is 19.6 Å². The van der Waals surface area contributed by atoms with Gasteiger partial charge in [-0.05, 0) is 12.1 Å². The standard InChI is InChI=1S/C12H11N3O4/c1-18-11(16)8-7-9(12(17)19-2)15(14-8)10-5-3-4-6-13-10/h3-7H,1-2H3. The van der Waals surface area contributed by atoms with E-state index in [9.17, 15) is 9.59 Å². The molecule has 0 amide bonds. The van der Waals surface area contributed by atoms with Gasteiger partial charge in [0.05, 0.1) is 14.2 Å². The van der Waals surface area contributed by atoms with Crippen LogP contribution in [-0.2, 0) is 9.47 Å². The maximum absolute atomic E-state index is 11.7. The lowest BCUT2D eigenvalue weighted by Crippen LogP contribution is -2.11. The van der Waals surface area contributed by atoms with Crippen LogP contribution in [0, 0.1) is 0 Å². The average molecular weight is 261 g/mol. The van der Waals surface area contributed by atoms with Crippen molar-refractivity contribution in [2.45, 2.75) is 0 Å². The maximum Gasteiger partial charge on any atom is 0.358 e. The van der Waals surface area contributed by atoms with Crippen LogP contribution >= 0.6 is 0 Å². The fourth-order valence-electron chi connectivity index (χ4n) is 1.49. The fourth-order valence-corrected chi connectivity index (χ4v) is 1.49. The third-order valence-corrected chi connectivity index (χ3v) is 2.36. The van der Waals surface area contributed by atoms with Crippen molar-refractivity contribution in [3.63, 3.8) is 0 Å². The van der Waals surface area contributed by atoms with Crippen LogP contribution in [0.5, 0.6) is 0 Å². The van der Waals surface area contributed by atoms with Gasteiger partial charge >= 0.3 is 11.9 Å². The van der Waals surface area contributed by atoms with Gasteiger partial charge in [-0.1, -0.05) is 6.07 Å². The van der Waals surface area contributed by atoms with Crippen molar-refractivity contribution in [3.8, 4) is 5.82 Å². The van der Waals surface area contributed by atoms with Gasteiger partial charge in [0.2, 0.25) is 0 Å². The van der Waals surface area contributed by atoms with Crippen molar-refractivity contribution < 1.29 is 19.1 Å². The van der Waals surface area contributed by atoms with E-state index in [0.717, 1.165) is 0 Å². The highest BCUT2D eigenvalue weighted by atomic mass is 16.5. The molecule has 2 rings (SSSR count). The molecule has 98 valence electrons. The van der Waals surface area contributed by atoms with Crippen LogP contribution in [0.25, 0.3) is 5.82 Å². The van der Waals surface area contributed by atoms with E-state index in [1.165, 1.54) is 25.0 Å². The predicted molar refractivity (Wildman–Crippen MR) is 64.0 cm³/mol. The highest BCUT2D eigenvalue weighted by Crippen LogP contribution is 2.12. The molecule has 0 aliphatic rings. The van der Waals surface area contributed by atoms with Gasteiger partial charge in [-0.15, -0.1) is 0 Å². The van der Waals surface area contributed by atoms with Crippen LogP contribution < -0.4 is 0 Å². The van der Waals surface area contributed by atoms with E-state index in [-0.39, 0.29) is 11.4 Å². The minimum absolute atomic E-state index is 0.00792. The summed E-state index contributed by atoms with van der Waals surface area (Å²) in [5, 5.41) is 4.00. The number of ether oxygens (including phenoxy) is 2. The van der Waals surface area contributed by atoms with Crippen molar-refractivity contribution in [2.24, 2.45) is 0 Å². The lowest BCUT2D eigenvalue weighted by molar-refractivity contribution is 0.0585. The summed E-state index contributed by atoms with van der Waals surface area (Å²) >= 11 is 0. The molecule has 2 heterocycles. The van der Waals surface area contributed by atoms with E-state index in [1.54, 1.807) is 24.4 Å². The number of carbonyl (C=O) groups excluding carboxylic acids is 2. The number of rotatable bonds is 3. The topological polar surface area (TPSA) is 83.3 Å². The van der Waals surface area contributed by atoms with Crippen LogP contribution in [0.4, 0.5) is 0 Å². The van der Waals surface area contributed by atoms with Crippen LogP contribution in [-0.4, -0.2) is 40.9 Å². The predicted octanol–water partition coefficient (Wildman–Crippen LogP) is 0.840. The van der Waals surface area contributed by atoms with Crippen LogP contribution in [0.2, 0.25) is 0 Å². The molecule has 0 aliphatic heterocycles. The molecule has 0 bridgehead atoms. The molecule has 0 N–H and O–H groups in total. The number of methoxy groups -OCH3 is 2. The Morgan fingerprint density at radius 1 is 1.16 bits per heavy atom. The minimum Gasteiger partial charge on any atom is -0.464 e. The summed E-state index contributed by atoms with van der Waals surface area (Å²) < 4.78 is 10.4. The van der Waals surface area contributed by atoms with Gasteiger partial charge in [0.1, 0.15) is 0 Å². The summed E-state index contributed by atoms with van der Waals surface area (Å²) in [6.45, 7) is 0. The van der Waals surface area contributed by atoms with Gasteiger partial charge in [0.25, 0.3) is 0 Å². The average Bonchev–Trinajstić information content (AvgIpc) is 2.91. The van der Waals surface area contributed by atoms with Crippen molar-refractivity contribution in [1.29, 1.82) is 0 Å². The van der Waals surface area contributed by atoms with E-state index < -0.39 is 11.9 Å². The second-order valence-corrected chi connectivity index (χ2v) is 3.50. The number of pyridine rings is 1. The van der Waals surface area contributed by atoms with Gasteiger partial charge < -0.3 is 9.47 Å². The molecule has 0 aliphatic carbocycles. The number of esters is 2. The third kappa shape index (κ3) is 2.44. The number of nitrogens with zero attached hydrogens (tertiary/aromatic N) is 3. The minimum atomic E-state index is -0.639. The molecule has 0 radical (unpaired) electrons. The zero-order valence-corrected chi connectivity index (χ0v) is 10.4. The van der Waals surface area contributed by atoms with E-state index >= 15 is 0 Å². The number of hydrogen-bond donors (Lipinski definition) is 0. The van der Waals surface area contributed by atoms with Gasteiger partial charge in [0.15, 0.2) is 17.2 Å². The molecule has 0 fully saturated rings. The summed E-state index contributed by atoms with van der Waals surface area (Å²) in [5.74, 6) is -0.855. The lowest BCUT2D eigenvalue weighted by atomic mass is 10.3. The second kappa shape index (κ2) is 5.30. The Kier molecular flexibility index (Phi) is 3.56. The molecule has 19 heavy (non-hydrogen) atoms. The molecule has 7 nitrogen and oxygen atoms in total. The van der Waals surface area contributed by atoms with E-state index in [1.807, 2.05) is 0 Å². The molecular formula is C12H11N3O4. The Labute approximate surface area is 108 Å². The van der Waals surface area contributed by atoms with Gasteiger partial charge in [-0.25, -0.2) is 19.3 Å². The molecule has 0 aromatic carbocycles. The Bertz CT molecular complexity index is 607. The molecule has 0 saturated carbocycles. The first-order valence-corrected chi connectivity index (χ1v) is 5.35. The van der Waals surface area contributed by atoms with Crippen molar-refractivity contribution in [1.82, 2.24) is 14.8 Å². The highest BCUT2D eigenvalue weighted by molar-refractivity contribution is 5.93. The fraction of sp³-hybridized carbons (Fsp3) is 0.167. The second-order valence-electron chi connectivity index (χ2n) is 3.50. The van der Waals surface area contributed by atoms with Gasteiger partial charge in [-0.2, -0.15) is 5.10 Å². The number of hydrogen-bond acceptors (Lipinski definition) is 6. The monoisotopic (exact) mass is 261 g/mol. The SMILES string of the molecule is COC(=O)c1cc(C(=O)OC)n(-c2ccccn2)n1. The molecule has 2 aromatic rings. The quantitative estimate of drug-likeness (QED) is 0.761. The summed E-state index contributed by atoms with van der Waals surface area (Å²) in [6, 6.07) is 6.42. The van der Waals surface area contributed by atoms with Gasteiger partial charge in [-0.3, -0.25) is 0 Å². The van der Waals surface area contributed by atoms with E-state index in [4.69, 9.17) is 0 Å². The summed E-state index contributed by atoms with van der Waals surface area (Å²) in [5.41, 5.74) is 0.107. The molecule has 2 aromatic heterocycles. The lowest BCUT2D eigenvalue weighted by Gasteiger charge is -2.03. The number of aromatic nitrogens is 3. The molecule has 0 unspecified atom stereocenters. The largest absolute Gasteiger partial charge is 0.464 e. The van der Waals surface area contributed by atoms with Crippen LogP contribution in [0.15, 0.2) is 30.5 Å². The highest BCUT2D eigenvalue weighted by Gasteiger charge is 2.21. The Morgan fingerprint density at radius 2 is 1.89 bits per heavy atom.